The Bertz CT molecular complexity index is 669. The molecule has 2 aromatic carbocycles. The first-order valence-corrected chi connectivity index (χ1v) is 6.86. The lowest BCUT2D eigenvalue weighted by molar-refractivity contribution is 0.306. The largest absolute Gasteiger partial charge is 0.489 e. The first-order valence-electron chi connectivity index (χ1n) is 5.98. The second kappa shape index (κ2) is 4.83. The highest BCUT2D eigenvalue weighted by atomic mass is 32.1. The number of benzene rings is 2. The minimum absolute atomic E-state index is 0.634. The van der Waals surface area contributed by atoms with Gasteiger partial charge in [-0.15, -0.1) is 11.3 Å². The molecular weight excluding hydrogens is 240 g/mol. The van der Waals surface area contributed by atoms with E-state index in [1.54, 1.807) is 11.3 Å². The first kappa shape index (κ1) is 11.3. The van der Waals surface area contributed by atoms with E-state index < -0.39 is 0 Å². The third kappa shape index (κ3) is 2.12. The molecule has 0 N–H and O–H groups in total. The molecule has 0 aliphatic carbocycles. The molecule has 0 saturated heterocycles. The van der Waals surface area contributed by atoms with Gasteiger partial charge in [-0.2, -0.15) is 0 Å². The first-order chi connectivity index (χ1) is 8.84. The second-order valence-corrected chi connectivity index (χ2v) is 5.22. The Morgan fingerprint density at radius 2 is 1.78 bits per heavy atom. The van der Waals surface area contributed by atoms with Gasteiger partial charge in [0.15, 0.2) is 0 Å². The molecule has 3 rings (SSSR count). The highest BCUT2D eigenvalue weighted by molar-refractivity contribution is 7.17. The minimum atomic E-state index is 0.634. The molecule has 0 aliphatic rings. The van der Waals surface area contributed by atoms with E-state index in [0.717, 1.165) is 5.75 Å². The van der Waals surface area contributed by atoms with Gasteiger partial charge in [0.2, 0.25) is 0 Å². The molecular formula is C16H14OS. The molecule has 3 aromatic rings. The molecule has 0 aliphatic heterocycles. The summed E-state index contributed by atoms with van der Waals surface area (Å²) in [6.07, 6.45) is 0. The third-order valence-corrected chi connectivity index (χ3v) is 4.05. The van der Waals surface area contributed by atoms with Crippen molar-refractivity contribution in [2.45, 2.75) is 13.5 Å². The van der Waals surface area contributed by atoms with E-state index in [-0.39, 0.29) is 0 Å². The van der Waals surface area contributed by atoms with E-state index in [1.807, 2.05) is 18.2 Å². The molecule has 0 unspecified atom stereocenters. The third-order valence-electron chi connectivity index (χ3n) is 3.04. The maximum atomic E-state index is 5.90. The van der Waals surface area contributed by atoms with E-state index in [4.69, 9.17) is 4.74 Å². The smallest absolute Gasteiger partial charge is 0.122 e. The molecule has 90 valence electrons. The van der Waals surface area contributed by atoms with Crippen LogP contribution in [0, 0.1) is 6.92 Å². The molecule has 2 heteroatoms. The Hall–Kier alpha value is -1.80. The quantitative estimate of drug-likeness (QED) is 0.653. The van der Waals surface area contributed by atoms with Gasteiger partial charge < -0.3 is 4.74 Å². The van der Waals surface area contributed by atoms with Crippen LogP contribution in [0.15, 0.2) is 53.9 Å². The maximum Gasteiger partial charge on any atom is 0.122 e. The molecule has 0 fully saturated rings. The minimum Gasteiger partial charge on any atom is -0.489 e. The van der Waals surface area contributed by atoms with Crippen molar-refractivity contribution in [2.24, 2.45) is 0 Å². The van der Waals surface area contributed by atoms with Crippen molar-refractivity contribution in [3.8, 4) is 5.75 Å². The van der Waals surface area contributed by atoms with Gasteiger partial charge in [-0.05, 0) is 35.4 Å². The van der Waals surface area contributed by atoms with E-state index in [2.05, 4.69) is 42.6 Å². The summed E-state index contributed by atoms with van der Waals surface area (Å²) in [7, 11) is 0. The SMILES string of the molecule is Cc1ccccc1OCc1csc2ccccc12. The van der Waals surface area contributed by atoms with Gasteiger partial charge in [-0.3, -0.25) is 0 Å². The normalized spacial score (nSPS) is 10.7. The van der Waals surface area contributed by atoms with Gasteiger partial charge in [-0.1, -0.05) is 36.4 Å². The van der Waals surface area contributed by atoms with Crippen molar-refractivity contribution in [3.05, 3.63) is 65.0 Å². The summed E-state index contributed by atoms with van der Waals surface area (Å²) >= 11 is 1.77. The molecule has 0 saturated carbocycles. The summed E-state index contributed by atoms with van der Waals surface area (Å²) in [5.41, 5.74) is 2.44. The summed E-state index contributed by atoms with van der Waals surface area (Å²) < 4.78 is 7.22. The van der Waals surface area contributed by atoms with Crippen LogP contribution in [-0.2, 0) is 6.61 Å². The summed E-state index contributed by atoms with van der Waals surface area (Å²) in [5.74, 6) is 0.966. The van der Waals surface area contributed by atoms with Crippen LogP contribution in [0.1, 0.15) is 11.1 Å². The Balaban J connectivity index is 1.83. The van der Waals surface area contributed by atoms with Crippen molar-refractivity contribution < 1.29 is 4.74 Å². The Kier molecular flexibility index (Phi) is 3.03. The number of aryl methyl sites for hydroxylation is 1. The van der Waals surface area contributed by atoms with E-state index in [0.29, 0.717) is 6.61 Å². The lowest BCUT2D eigenvalue weighted by Crippen LogP contribution is -1.95. The number of thiophene rings is 1. The van der Waals surface area contributed by atoms with Gasteiger partial charge in [-0.25, -0.2) is 0 Å². The number of ether oxygens (including phenoxy) is 1. The van der Waals surface area contributed by atoms with Crippen LogP contribution < -0.4 is 4.74 Å². The zero-order valence-electron chi connectivity index (χ0n) is 10.2. The van der Waals surface area contributed by atoms with Crippen LogP contribution in [-0.4, -0.2) is 0 Å². The Labute approximate surface area is 111 Å². The zero-order valence-corrected chi connectivity index (χ0v) is 11.0. The number of fused-ring (bicyclic) bond motifs is 1. The molecule has 1 heterocycles. The van der Waals surface area contributed by atoms with Crippen LogP contribution in [0.4, 0.5) is 0 Å². The average Bonchev–Trinajstić information content (AvgIpc) is 2.81. The lowest BCUT2D eigenvalue weighted by atomic mass is 10.2. The van der Waals surface area contributed by atoms with Gasteiger partial charge in [0.1, 0.15) is 12.4 Å². The number of hydrogen-bond donors (Lipinski definition) is 0. The summed E-state index contributed by atoms with van der Waals surface area (Å²) in [6.45, 7) is 2.70. The van der Waals surface area contributed by atoms with Gasteiger partial charge >= 0.3 is 0 Å². The van der Waals surface area contributed by atoms with Crippen molar-refractivity contribution in [2.75, 3.05) is 0 Å². The summed E-state index contributed by atoms with van der Waals surface area (Å²) in [4.78, 5) is 0. The van der Waals surface area contributed by atoms with Gasteiger partial charge in [0.25, 0.3) is 0 Å². The van der Waals surface area contributed by atoms with Gasteiger partial charge in [0, 0.05) is 10.3 Å². The fourth-order valence-electron chi connectivity index (χ4n) is 2.02. The fourth-order valence-corrected chi connectivity index (χ4v) is 2.97. The fraction of sp³-hybridized carbons (Fsp3) is 0.125. The Morgan fingerprint density at radius 1 is 1.00 bits per heavy atom. The molecule has 0 radical (unpaired) electrons. The van der Waals surface area contributed by atoms with Crippen LogP contribution in [0.5, 0.6) is 5.75 Å². The van der Waals surface area contributed by atoms with Crippen molar-refractivity contribution in [3.63, 3.8) is 0 Å². The molecule has 0 bridgehead atoms. The van der Waals surface area contributed by atoms with E-state index >= 15 is 0 Å². The second-order valence-electron chi connectivity index (χ2n) is 4.31. The van der Waals surface area contributed by atoms with Crippen LogP contribution >= 0.6 is 11.3 Å². The zero-order chi connectivity index (χ0) is 12.4. The summed E-state index contributed by atoms with van der Waals surface area (Å²) in [5, 5.41) is 3.49. The highest BCUT2D eigenvalue weighted by Gasteiger charge is 2.04. The molecule has 0 spiro atoms. The van der Waals surface area contributed by atoms with Gasteiger partial charge in [0.05, 0.1) is 0 Å². The molecule has 1 aromatic heterocycles. The predicted molar refractivity (Wildman–Crippen MR) is 77.3 cm³/mol. The predicted octanol–water partition coefficient (Wildman–Crippen LogP) is 4.79. The van der Waals surface area contributed by atoms with Crippen molar-refractivity contribution in [1.82, 2.24) is 0 Å². The standard InChI is InChI=1S/C16H14OS/c1-12-6-2-4-8-15(12)17-10-13-11-18-16-9-5-3-7-14(13)16/h2-9,11H,10H2,1H3. The van der Waals surface area contributed by atoms with Crippen LogP contribution in [0.3, 0.4) is 0 Å². The molecule has 0 atom stereocenters. The molecule has 0 amide bonds. The lowest BCUT2D eigenvalue weighted by Gasteiger charge is -2.08. The topological polar surface area (TPSA) is 9.23 Å². The Morgan fingerprint density at radius 3 is 2.67 bits per heavy atom. The number of hydrogen-bond acceptors (Lipinski definition) is 2. The van der Waals surface area contributed by atoms with Crippen molar-refractivity contribution >= 4 is 21.4 Å². The highest BCUT2D eigenvalue weighted by Crippen LogP contribution is 2.27. The number of para-hydroxylation sites is 1. The molecule has 18 heavy (non-hydrogen) atoms. The van der Waals surface area contributed by atoms with Crippen LogP contribution in [0.25, 0.3) is 10.1 Å². The van der Waals surface area contributed by atoms with E-state index in [9.17, 15) is 0 Å². The average molecular weight is 254 g/mol. The monoisotopic (exact) mass is 254 g/mol. The number of rotatable bonds is 3. The maximum absolute atomic E-state index is 5.90. The van der Waals surface area contributed by atoms with Crippen LogP contribution in [0.2, 0.25) is 0 Å². The summed E-state index contributed by atoms with van der Waals surface area (Å²) in [6, 6.07) is 16.6. The van der Waals surface area contributed by atoms with Crippen molar-refractivity contribution in [1.29, 1.82) is 0 Å². The van der Waals surface area contributed by atoms with E-state index in [1.165, 1.54) is 21.2 Å². The molecule has 1 nitrogen and oxygen atoms in total.